The smallest absolute Gasteiger partial charge is 0.417 e. The lowest BCUT2D eigenvalue weighted by molar-refractivity contribution is -0.0148. The highest BCUT2D eigenvalue weighted by Crippen LogP contribution is 2.45. The number of ether oxygens (including phenoxy) is 1. The first-order valence-corrected chi connectivity index (χ1v) is 12.5. The molecule has 39 heavy (non-hydrogen) atoms. The SMILES string of the molecule is CC(F)(F)CN1C(=O)c2[nH]nc(-c3cccc4[nH]c(=O)oc34)c2C1c1ccc(Oc2ccc(Cl)c(Cl)c2)cc1. The fourth-order valence-electron chi connectivity index (χ4n) is 4.77. The predicted molar refractivity (Wildman–Crippen MR) is 141 cm³/mol. The van der Waals surface area contributed by atoms with Crippen molar-refractivity contribution in [3.05, 3.63) is 98.1 Å². The van der Waals surface area contributed by atoms with Crippen LogP contribution in [0.5, 0.6) is 11.5 Å². The Labute approximate surface area is 229 Å². The predicted octanol–water partition coefficient (Wildman–Crippen LogP) is 6.81. The number of oxazole rings is 1. The minimum Gasteiger partial charge on any atom is -0.457 e. The molecule has 0 spiro atoms. The van der Waals surface area contributed by atoms with Gasteiger partial charge in [-0.05, 0) is 42.0 Å². The van der Waals surface area contributed by atoms with Crippen molar-refractivity contribution in [1.29, 1.82) is 0 Å². The van der Waals surface area contributed by atoms with Crippen LogP contribution < -0.4 is 10.5 Å². The zero-order valence-electron chi connectivity index (χ0n) is 20.1. The Balaban J connectivity index is 1.43. The fraction of sp³-hybridized carbons (Fsp3) is 0.148. The summed E-state index contributed by atoms with van der Waals surface area (Å²) >= 11 is 12.0. The molecule has 2 N–H and O–H groups in total. The highest BCUT2D eigenvalue weighted by molar-refractivity contribution is 6.42. The van der Waals surface area contributed by atoms with E-state index in [1.165, 1.54) is 0 Å². The molecule has 3 heterocycles. The summed E-state index contributed by atoms with van der Waals surface area (Å²) in [5, 5.41) is 7.76. The first-order valence-electron chi connectivity index (χ1n) is 11.7. The van der Waals surface area contributed by atoms with Crippen LogP contribution in [0.25, 0.3) is 22.4 Å². The number of para-hydroxylation sites is 1. The van der Waals surface area contributed by atoms with E-state index in [4.69, 9.17) is 32.4 Å². The van der Waals surface area contributed by atoms with Crippen LogP contribution in [0.2, 0.25) is 10.0 Å². The van der Waals surface area contributed by atoms with Crippen LogP contribution in [0.1, 0.15) is 34.6 Å². The Morgan fingerprint density at radius 3 is 2.51 bits per heavy atom. The number of amides is 1. The monoisotopic (exact) mass is 570 g/mol. The average Bonchev–Trinajstić information content (AvgIpc) is 3.55. The summed E-state index contributed by atoms with van der Waals surface area (Å²) in [6.45, 7) is -0.0595. The van der Waals surface area contributed by atoms with Gasteiger partial charge in [0, 0.05) is 24.1 Å². The molecule has 1 atom stereocenters. The average molecular weight is 571 g/mol. The van der Waals surface area contributed by atoms with E-state index in [0.717, 1.165) is 11.8 Å². The maximum absolute atomic E-state index is 14.3. The van der Waals surface area contributed by atoms with E-state index in [2.05, 4.69) is 15.2 Å². The number of carbonyl (C=O) groups is 1. The quantitative estimate of drug-likeness (QED) is 0.233. The maximum Gasteiger partial charge on any atom is 0.417 e. The van der Waals surface area contributed by atoms with E-state index in [-0.39, 0.29) is 11.3 Å². The molecular formula is C27H18Cl2F2N4O4. The van der Waals surface area contributed by atoms with Gasteiger partial charge >= 0.3 is 5.76 Å². The number of fused-ring (bicyclic) bond motifs is 2. The van der Waals surface area contributed by atoms with E-state index in [1.54, 1.807) is 60.7 Å². The zero-order valence-corrected chi connectivity index (χ0v) is 21.6. The van der Waals surface area contributed by atoms with Gasteiger partial charge in [0.15, 0.2) is 5.58 Å². The highest BCUT2D eigenvalue weighted by atomic mass is 35.5. The number of hydrogen-bond donors (Lipinski definition) is 2. The Kier molecular flexibility index (Phi) is 5.96. The number of aromatic amines is 2. The third-order valence-corrected chi connectivity index (χ3v) is 7.08. The van der Waals surface area contributed by atoms with Crippen molar-refractivity contribution in [3.8, 4) is 22.8 Å². The molecular weight excluding hydrogens is 553 g/mol. The van der Waals surface area contributed by atoms with Gasteiger partial charge in [-0.15, -0.1) is 0 Å². The van der Waals surface area contributed by atoms with Crippen molar-refractivity contribution < 1.29 is 22.7 Å². The molecule has 198 valence electrons. The second-order valence-electron chi connectivity index (χ2n) is 9.21. The number of nitrogens with one attached hydrogen (secondary N) is 2. The van der Waals surface area contributed by atoms with Crippen LogP contribution in [-0.4, -0.2) is 38.5 Å². The van der Waals surface area contributed by atoms with E-state index in [9.17, 15) is 18.4 Å². The molecule has 0 radical (unpaired) electrons. The molecule has 0 saturated heterocycles. The van der Waals surface area contributed by atoms with E-state index >= 15 is 0 Å². The van der Waals surface area contributed by atoms with Crippen molar-refractivity contribution in [1.82, 2.24) is 20.1 Å². The van der Waals surface area contributed by atoms with Gasteiger partial charge in [-0.1, -0.05) is 41.4 Å². The van der Waals surface area contributed by atoms with Gasteiger partial charge in [-0.25, -0.2) is 13.6 Å². The number of hydrogen-bond acceptors (Lipinski definition) is 5. The molecule has 1 unspecified atom stereocenters. The van der Waals surface area contributed by atoms with Crippen LogP contribution in [0, 0.1) is 0 Å². The molecule has 1 aliphatic rings. The molecule has 0 bridgehead atoms. The summed E-state index contributed by atoms with van der Waals surface area (Å²) in [6.07, 6.45) is 0. The number of alkyl halides is 2. The largest absolute Gasteiger partial charge is 0.457 e. The fourth-order valence-corrected chi connectivity index (χ4v) is 5.05. The molecule has 0 saturated carbocycles. The van der Waals surface area contributed by atoms with Gasteiger partial charge in [0.1, 0.15) is 22.9 Å². The standard InChI is InChI=1S/C27H18Cl2F2N4O4/c1-27(30,31)12-35-23(13-5-7-14(8-6-13)38-15-9-10-17(28)18(29)11-15)20-21(33-34-22(20)25(35)36)16-3-2-4-19-24(16)39-26(37)32-19/h2-11,23H,12H2,1H3,(H,32,37)(H,33,34). The molecule has 2 aromatic heterocycles. The van der Waals surface area contributed by atoms with Crippen LogP contribution in [0.15, 0.2) is 69.9 Å². The van der Waals surface area contributed by atoms with Gasteiger partial charge in [0.2, 0.25) is 0 Å². The Hall–Kier alpha value is -4.15. The molecule has 3 aromatic carbocycles. The molecule has 5 aromatic rings. The summed E-state index contributed by atoms with van der Waals surface area (Å²) in [4.78, 5) is 28.9. The first kappa shape index (κ1) is 25.1. The highest BCUT2D eigenvalue weighted by Gasteiger charge is 2.45. The van der Waals surface area contributed by atoms with Gasteiger partial charge in [0.05, 0.1) is 28.1 Å². The Morgan fingerprint density at radius 2 is 1.79 bits per heavy atom. The first-order chi connectivity index (χ1) is 18.6. The lowest BCUT2D eigenvalue weighted by Gasteiger charge is -2.28. The van der Waals surface area contributed by atoms with Crippen LogP contribution >= 0.6 is 23.2 Å². The minimum atomic E-state index is -3.16. The summed E-state index contributed by atoms with van der Waals surface area (Å²) in [5.74, 6) is -3.51. The number of nitrogens with zero attached hydrogens (tertiary/aromatic N) is 2. The Morgan fingerprint density at radius 1 is 1.05 bits per heavy atom. The lowest BCUT2D eigenvalue weighted by atomic mass is 9.95. The number of H-pyrrole nitrogens is 2. The number of carbonyl (C=O) groups excluding carboxylic acids is 1. The third-order valence-electron chi connectivity index (χ3n) is 6.34. The van der Waals surface area contributed by atoms with Gasteiger partial charge in [0.25, 0.3) is 11.8 Å². The molecule has 1 amide bonds. The van der Waals surface area contributed by atoms with Crippen molar-refractivity contribution >= 4 is 40.2 Å². The van der Waals surface area contributed by atoms with E-state index in [0.29, 0.717) is 49.4 Å². The van der Waals surface area contributed by atoms with Gasteiger partial charge < -0.3 is 14.1 Å². The molecule has 12 heteroatoms. The summed E-state index contributed by atoms with van der Waals surface area (Å²) in [5.41, 5.74) is 2.48. The summed E-state index contributed by atoms with van der Waals surface area (Å²) in [7, 11) is 0. The van der Waals surface area contributed by atoms with Crippen LogP contribution in [0.3, 0.4) is 0 Å². The lowest BCUT2D eigenvalue weighted by Crippen LogP contribution is -2.38. The molecule has 0 aliphatic carbocycles. The number of aromatic nitrogens is 3. The molecule has 8 nitrogen and oxygen atoms in total. The minimum absolute atomic E-state index is 0.0882. The topological polar surface area (TPSA) is 104 Å². The molecule has 0 fully saturated rings. The normalized spacial score (nSPS) is 15.3. The summed E-state index contributed by atoms with van der Waals surface area (Å²) in [6, 6.07) is 15.7. The zero-order chi connectivity index (χ0) is 27.5. The second-order valence-corrected chi connectivity index (χ2v) is 10.0. The Bertz CT molecular complexity index is 1790. The van der Waals surface area contributed by atoms with Crippen molar-refractivity contribution in [2.24, 2.45) is 0 Å². The second kappa shape index (κ2) is 9.25. The van der Waals surface area contributed by atoms with Crippen molar-refractivity contribution in [3.63, 3.8) is 0 Å². The number of halogens is 4. The van der Waals surface area contributed by atoms with Gasteiger partial charge in [-0.3, -0.25) is 14.9 Å². The number of rotatable bonds is 6. The maximum atomic E-state index is 14.3. The van der Waals surface area contributed by atoms with Gasteiger partial charge in [-0.2, -0.15) is 5.10 Å². The van der Waals surface area contributed by atoms with Crippen LogP contribution in [0.4, 0.5) is 8.78 Å². The number of benzene rings is 3. The van der Waals surface area contributed by atoms with E-state index in [1.807, 2.05) is 0 Å². The molecule has 1 aliphatic heterocycles. The van der Waals surface area contributed by atoms with Crippen molar-refractivity contribution in [2.75, 3.05) is 6.54 Å². The third kappa shape index (κ3) is 4.55. The van der Waals surface area contributed by atoms with Crippen molar-refractivity contribution in [2.45, 2.75) is 18.9 Å². The molecule has 6 rings (SSSR count). The summed E-state index contributed by atoms with van der Waals surface area (Å²) < 4.78 is 39.7. The van der Waals surface area contributed by atoms with E-state index < -0.39 is 30.2 Å². The van der Waals surface area contributed by atoms with Crippen LogP contribution in [-0.2, 0) is 0 Å².